The van der Waals surface area contributed by atoms with Crippen molar-refractivity contribution in [2.24, 2.45) is 11.8 Å². The number of nitrogens with zero attached hydrogens (tertiary/aromatic N) is 1. The summed E-state index contributed by atoms with van der Waals surface area (Å²) in [6, 6.07) is 0. The summed E-state index contributed by atoms with van der Waals surface area (Å²) in [4.78, 5) is 15.7. The average molecular weight is 309 g/mol. The summed E-state index contributed by atoms with van der Waals surface area (Å²) >= 11 is 0. The molecule has 4 N–H and O–H groups in total. The van der Waals surface area contributed by atoms with Gasteiger partial charge in [-0.1, -0.05) is 6.08 Å². The number of hydrogen-bond acceptors (Lipinski definition) is 5. The zero-order chi connectivity index (χ0) is 16.3. The minimum Gasteiger partial charge on any atom is -0.390 e. The Morgan fingerprint density at radius 1 is 0.909 bits per heavy atom. The van der Waals surface area contributed by atoms with Crippen molar-refractivity contribution in [1.29, 1.82) is 0 Å². The third-order valence-corrected chi connectivity index (χ3v) is 4.74. The molecule has 6 heteroatoms. The van der Waals surface area contributed by atoms with E-state index in [1.54, 1.807) is 6.08 Å². The molecule has 0 bridgehead atoms. The van der Waals surface area contributed by atoms with Crippen LogP contribution in [0.5, 0.6) is 0 Å². The van der Waals surface area contributed by atoms with Crippen LogP contribution in [0.3, 0.4) is 0 Å². The van der Waals surface area contributed by atoms with Crippen LogP contribution in [0, 0.1) is 18.4 Å². The average Bonchev–Trinajstić information content (AvgIpc) is 2.50. The van der Waals surface area contributed by atoms with Crippen LogP contribution in [0.15, 0.2) is 11.8 Å². The van der Waals surface area contributed by atoms with Gasteiger partial charge < -0.3 is 25.2 Å². The highest BCUT2D eigenvalue weighted by atomic mass is 16.3. The van der Waals surface area contributed by atoms with Gasteiger partial charge in [0.05, 0.1) is 31.0 Å². The largest absolute Gasteiger partial charge is 0.390 e. The molecule has 2 saturated carbocycles. The van der Waals surface area contributed by atoms with Gasteiger partial charge in [-0.15, -0.1) is 0 Å². The summed E-state index contributed by atoms with van der Waals surface area (Å²) in [7, 11) is 0. The van der Waals surface area contributed by atoms with E-state index < -0.39 is 30.3 Å². The second-order valence-corrected chi connectivity index (χ2v) is 6.38. The zero-order valence-corrected chi connectivity index (χ0v) is 12.4. The van der Waals surface area contributed by atoms with E-state index in [1.807, 2.05) is 0 Å². The molecule has 0 aromatic heterocycles. The van der Waals surface area contributed by atoms with E-state index in [-0.39, 0.29) is 23.8 Å². The Morgan fingerprint density at radius 2 is 1.50 bits per heavy atom. The molecule has 6 atom stereocenters. The Morgan fingerprint density at radius 3 is 2.05 bits per heavy atom. The fourth-order valence-corrected chi connectivity index (χ4v) is 3.29. The molecule has 0 aromatic carbocycles. The van der Waals surface area contributed by atoms with Crippen molar-refractivity contribution in [2.45, 2.75) is 62.9 Å². The number of aliphatic hydroxyl groups excluding tert-OH is 4. The summed E-state index contributed by atoms with van der Waals surface area (Å²) < 4.78 is 0. The van der Waals surface area contributed by atoms with Crippen LogP contribution in [-0.2, 0) is 4.79 Å². The van der Waals surface area contributed by atoms with Crippen molar-refractivity contribution in [3.05, 3.63) is 23.2 Å². The molecule has 122 valence electrons. The molecule has 0 spiro atoms. The third kappa shape index (κ3) is 3.93. The monoisotopic (exact) mass is 309 g/mol. The first kappa shape index (κ1) is 17.1. The lowest BCUT2D eigenvalue weighted by molar-refractivity contribution is -0.123. The van der Waals surface area contributed by atoms with Crippen LogP contribution < -0.4 is 0 Å². The number of Topliss-reactive ketones (excluding diaryl/α,β-unsaturated/α-hetero) is 1. The summed E-state index contributed by atoms with van der Waals surface area (Å²) in [6.45, 7) is 7.22. The summed E-state index contributed by atoms with van der Waals surface area (Å²) in [6.07, 6.45) is 0.788. The fraction of sp³-hybridized carbons (Fsp3) is 0.750. The van der Waals surface area contributed by atoms with Gasteiger partial charge in [0.2, 0.25) is 5.70 Å². The molecule has 2 aliphatic carbocycles. The van der Waals surface area contributed by atoms with Crippen LogP contribution in [0.2, 0.25) is 0 Å². The lowest BCUT2D eigenvalue weighted by Crippen LogP contribution is -2.36. The molecule has 6 unspecified atom stereocenters. The molecular formula is C16H23NO5. The Kier molecular flexibility index (Phi) is 5.70. The smallest absolute Gasteiger partial charge is 0.225 e. The van der Waals surface area contributed by atoms with Gasteiger partial charge in [-0.25, -0.2) is 4.85 Å². The van der Waals surface area contributed by atoms with Crippen LogP contribution >= 0.6 is 0 Å². The number of rotatable bonds is 3. The van der Waals surface area contributed by atoms with Crippen molar-refractivity contribution < 1.29 is 25.2 Å². The van der Waals surface area contributed by atoms with Crippen LogP contribution in [0.1, 0.15) is 38.5 Å². The minimum absolute atomic E-state index is 0.0437. The van der Waals surface area contributed by atoms with E-state index >= 15 is 0 Å². The molecule has 2 fully saturated rings. The number of aliphatic hydroxyl groups is 4. The SMILES string of the molecule is [C-]#[N+]/C(=C/C1CCC(O)C(O)C1)C(=O)C1CCC(O)C(O)C1. The Hall–Kier alpha value is -1.26. The van der Waals surface area contributed by atoms with E-state index in [0.717, 1.165) is 0 Å². The number of allylic oxidation sites excluding steroid dienone is 2. The molecule has 0 aromatic rings. The summed E-state index contributed by atoms with van der Waals surface area (Å²) in [5.74, 6) is -0.815. The lowest BCUT2D eigenvalue weighted by atomic mass is 9.80. The second-order valence-electron chi connectivity index (χ2n) is 6.38. The molecule has 6 nitrogen and oxygen atoms in total. The molecule has 2 aliphatic rings. The topological polar surface area (TPSA) is 102 Å². The van der Waals surface area contributed by atoms with Crippen LogP contribution in [-0.4, -0.2) is 50.6 Å². The lowest BCUT2D eigenvalue weighted by Gasteiger charge is -2.30. The van der Waals surface area contributed by atoms with Gasteiger partial charge in [0.15, 0.2) is 5.78 Å². The summed E-state index contributed by atoms with van der Waals surface area (Å²) in [5, 5.41) is 38.4. The molecule has 2 rings (SSSR count). The van der Waals surface area contributed by atoms with Gasteiger partial charge in [-0.05, 0) is 44.4 Å². The maximum Gasteiger partial charge on any atom is 0.225 e. The molecule has 0 saturated heterocycles. The van der Waals surface area contributed by atoms with Crippen molar-refractivity contribution in [3.63, 3.8) is 0 Å². The van der Waals surface area contributed by atoms with Gasteiger partial charge in [-0.3, -0.25) is 0 Å². The highest BCUT2D eigenvalue weighted by Crippen LogP contribution is 2.31. The molecule has 0 amide bonds. The molecule has 22 heavy (non-hydrogen) atoms. The fourth-order valence-electron chi connectivity index (χ4n) is 3.29. The quantitative estimate of drug-likeness (QED) is 0.446. The number of hydrogen-bond donors (Lipinski definition) is 4. The first-order valence-corrected chi connectivity index (χ1v) is 7.78. The highest BCUT2D eigenvalue weighted by Gasteiger charge is 2.34. The predicted molar refractivity (Wildman–Crippen MR) is 78.4 cm³/mol. The van der Waals surface area contributed by atoms with Crippen molar-refractivity contribution >= 4 is 5.78 Å². The number of carbonyl (C=O) groups is 1. The first-order chi connectivity index (χ1) is 10.4. The first-order valence-electron chi connectivity index (χ1n) is 7.78. The van der Waals surface area contributed by atoms with Crippen molar-refractivity contribution in [3.8, 4) is 0 Å². The van der Waals surface area contributed by atoms with E-state index in [1.165, 1.54) is 0 Å². The standard InChI is InChI=1S/C16H23NO5/c1-17-11(6-9-2-4-12(18)14(20)7-9)16(22)10-3-5-13(19)15(21)8-10/h6,9-10,12-15,18-21H,2-5,7-8H2/b11-6+. The van der Waals surface area contributed by atoms with E-state index in [4.69, 9.17) is 6.57 Å². The Balaban J connectivity index is 2.03. The van der Waals surface area contributed by atoms with E-state index in [0.29, 0.717) is 32.1 Å². The van der Waals surface area contributed by atoms with Crippen molar-refractivity contribution in [1.82, 2.24) is 0 Å². The molecule has 0 aliphatic heterocycles. The maximum absolute atomic E-state index is 12.4. The van der Waals surface area contributed by atoms with Crippen LogP contribution in [0.4, 0.5) is 0 Å². The zero-order valence-electron chi connectivity index (χ0n) is 12.4. The van der Waals surface area contributed by atoms with Gasteiger partial charge in [0.1, 0.15) is 0 Å². The molecule has 0 heterocycles. The molecule has 0 radical (unpaired) electrons. The van der Waals surface area contributed by atoms with Gasteiger partial charge in [0.25, 0.3) is 0 Å². The Labute approximate surface area is 129 Å². The normalized spacial score (nSPS) is 40.0. The van der Waals surface area contributed by atoms with Gasteiger partial charge >= 0.3 is 0 Å². The van der Waals surface area contributed by atoms with E-state index in [9.17, 15) is 25.2 Å². The maximum atomic E-state index is 12.4. The number of carbonyl (C=O) groups excluding carboxylic acids is 1. The second kappa shape index (κ2) is 7.34. The van der Waals surface area contributed by atoms with E-state index in [2.05, 4.69) is 4.85 Å². The third-order valence-electron chi connectivity index (χ3n) is 4.74. The number of ketones is 1. The minimum atomic E-state index is -0.915. The highest BCUT2D eigenvalue weighted by molar-refractivity contribution is 5.98. The predicted octanol–water partition coefficient (Wildman–Crippen LogP) is 0.402. The van der Waals surface area contributed by atoms with Gasteiger partial charge in [-0.2, -0.15) is 0 Å². The van der Waals surface area contributed by atoms with Crippen LogP contribution in [0.25, 0.3) is 4.85 Å². The molecular weight excluding hydrogens is 286 g/mol. The Bertz CT molecular complexity index is 483. The summed E-state index contributed by atoms with van der Waals surface area (Å²) in [5.41, 5.74) is 0.0437. The van der Waals surface area contributed by atoms with Crippen molar-refractivity contribution in [2.75, 3.05) is 0 Å². The van der Waals surface area contributed by atoms with Gasteiger partial charge in [0, 0.05) is 5.92 Å².